The number of aromatic amines is 1. The molecule has 0 fully saturated rings. The number of hydrogen-bond donors (Lipinski definition) is 1. The smallest absolute Gasteiger partial charge is 0.279 e. The summed E-state index contributed by atoms with van der Waals surface area (Å²) >= 11 is 5.99. The van der Waals surface area contributed by atoms with E-state index in [2.05, 4.69) is 11.7 Å². The lowest BCUT2D eigenvalue weighted by molar-refractivity contribution is 0.414. The zero-order valence-electron chi connectivity index (χ0n) is 12.5. The van der Waals surface area contributed by atoms with Crippen molar-refractivity contribution in [2.45, 2.75) is 0 Å². The van der Waals surface area contributed by atoms with E-state index in [4.69, 9.17) is 16.3 Å². The molecule has 0 aliphatic heterocycles. The summed E-state index contributed by atoms with van der Waals surface area (Å²) in [6, 6.07) is 14.6. The Morgan fingerprint density at radius 3 is 2.74 bits per heavy atom. The molecule has 0 aliphatic carbocycles. The number of nitrogens with zero attached hydrogens (tertiary/aromatic N) is 1. The number of H-pyrrole nitrogens is 1. The van der Waals surface area contributed by atoms with Crippen LogP contribution in [-0.4, -0.2) is 16.9 Å². The first-order valence-electron chi connectivity index (χ1n) is 7.01. The SMILES string of the molecule is C=c1[nH]n(-c2cccc(Cl)c2)c(=O)c1=Cc1ccccc1OC. The maximum atomic E-state index is 12.7. The summed E-state index contributed by atoms with van der Waals surface area (Å²) in [7, 11) is 1.60. The second kappa shape index (κ2) is 6.18. The molecule has 5 heteroatoms. The Hall–Kier alpha value is -2.72. The fraction of sp³-hybridized carbons (Fsp3) is 0.0556. The Bertz CT molecular complexity index is 1020. The monoisotopic (exact) mass is 326 g/mol. The molecule has 1 N–H and O–H groups in total. The van der Waals surface area contributed by atoms with Gasteiger partial charge in [0.05, 0.1) is 23.4 Å². The van der Waals surface area contributed by atoms with Gasteiger partial charge >= 0.3 is 0 Å². The van der Waals surface area contributed by atoms with Gasteiger partial charge in [-0.2, -0.15) is 0 Å². The lowest BCUT2D eigenvalue weighted by atomic mass is 10.1. The highest BCUT2D eigenvalue weighted by Crippen LogP contribution is 2.17. The van der Waals surface area contributed by atoms with E-state index in [-0.39, 0.29) is 5.56 Å². The third-order valence-electron chi connectivity index (χ3n) is 3.51. The van der Waals surface area contributed by atoms with Crippen molar-refractivity contribution in [1.82, 2.24) is 9.78 Å². The molecular weight excluding hydrogens is 312 g/mol. The zero-order valence-corrected chi connectivity index (χ0v) is 13.3. The van der Waals surface area contributed by atoms with E-state index >= 15 is 0 Å². The molecule has 1 aromatic heterocycles. The van der Waals surface area contributed by atoms with E-state index in [1.165, 1.54) is 4.68 Å². The number of benzene rings is 2. The molecule has 0 saturated heterocycles. The van der Waals surface area contributed by atoms with Gasteiger partial charge in [-0.05, 0) is 30.3 Å². The molecule has 2 aromatic carbocycles. The standard InChI is InChI=1S/C18H15ClN2O2/c1-12-16(10-13-6-3-4-9-17(13)23-2)18(22)21(20-12)15-8-5-7-14(19)11-15/h3-11,20H,1H2,2H3. The van der Waals surface area contributed by atoms with Crippen LogP contribution in [0.3, 0.4) is 0 Å². The molecule has 23 heavy (non-hydrogen) atoms. The molecule has 4 nitrogen and oxygen atoms in total. The van der Waals surface area contributed by atoms with Gasteiger partial charge in [0.25, 0.3) is 5.56 Å². The van der Waals surface area contributed by atoms with Crippen LogP contribution >= 0.6 is 11.6 Å². The minimum Gasteiger partial charge on any atom is -0.496 e. The van der Waals surface area contributed by atoms with Crippen LogP contribution in [-0.2, 0) is 0 Å². The van der Waals surface area contributed by atoms with Crippen LogP contribution in [0.25, 0.3) is 18.3 Å². The molecule has 1 heterocycles. The number of nitrogens with one attached hydrogen (secondary N) is 1. The topological polar surface area (TPSA) is 47.0 Å². The summed E-state index contributed by atoms with van der Waals surface area (Å²) in [5, 5.41) is 4.55. The number of methoxy groups -OCH3 is 1. The van der Waals surface area contributed by atoms with Crippen LogP contribution in [0.1, 0.15) is 5.56 Å². The first-order chi connectivity index (χ1) is 11.1. The molecule has 0 unspecified atom stereocenters. The fourth-order valence-electron chi connectivity index (χ4n) is 2.38. The number of halogens is 1. The van der Waals surface area contributed by atoms with Crippen molar-refractivity contribution in [3.63, 3.8) is 0 Å². The van der Waals surface area contributed by atoms with Gasteiger partial charge in [-0.15, -0.1) is 0 Å². The van der Waals surface area contributed by atoms with Crippen molar-refractivity contribution in [1.29, 1.82) is 0 Å². The van der Waals surface area contributed by atoms with Crippen molar-refractivity contribution in [2.24, 2.45) is 0 Å². The molecule has 0 atom stereocenters. The summed E-state index contributed by atoms with van der Waals surface area (Å²) in [6.07, 6.45) is 1.76. The third kappa shape index (κ3) is 2.94. The van der Waals surface area contributed by atoms with Crippen molar-refractivity contribution in [2.75, 3.05) is 7.11 Å². The van der Waals surface area contributed by atoms with Crippen LogP contribution in [0.4, 0.5) is 0 Å². The van der Waals surface area contributed by atoms with Crippen molar-refractivity contribution in [3.8, 4) is 11.4 Å². The van der Waals surface area contributed by atoms with Crippen LogP contribution in [0.2, 0.25) is 5.02 Å². The Balaban J connectivity index is 2.21. The average molecular weight is 327 g/mol. The highest BCUT2D eigenvalue weighted by atomic mass is 35.5. The predicted molar refractivity (Wildman–Crippen MR) is 92.7 cm³/mol. The average Bonchev–Trinajstić information content (AvgIpc) is 2.83. The summed E-state index contributed by atoms with van der Waals surface area (Å²) in [5.74, 6) is 0.696. The zero-order chi connectivity index (χ0) is 16.4. The Morgan fingerprint density at radius 2 is 2.00 bits per heavy atom. The molecule has 0 amide bonds. The van der Waals surface area contributed by atoms with Crippen molar-refractivity contribution >= 4 is 24.3 Å². The Morgan fingerprint density at radius 1 is 1.22 bits per heavy atom. The highest BCUT2D eigenvalue weighted by molar-refractivity contribution is 6.30. The number of hydrogen-bond acceptors (Lipinski definition) is 2. The van der Waals surface area contributed by atoms with E-state index in [9.17, 15) is 4.79 Å². The van der Waals surface area contributed by atoms with Gasteiger partial charge in [0, 0.05) is 10.6 Å². The van der Waals surface area contributed by atoms with Gasteiger partial charge in [-0.3, -0.25) is 9.89 Å². The van der Waals surface area contributed by atoms with Crippen molar-refractivity contribution < 1.29 is 4.74 Å². The minimum atomic E-state index is -0.192. The predicted octanol–water partition coefficient (Wildman–Crippen LogP) is 2.07. The Kier molecular flexibility index (Phi) is 4.08. The molecular formula is C18H15ClN2O2. The van der Waals surface area contributed by atoms with E-state index in [0.29, 0.717) is 27.0 Å². The molecule has 0 radical (unpaired) electrons. The second-order valence-corrected chi connectivity index (χ2v) is 5.45. The van der Waals surface area contributed by atoms with Gasteiger partial charge in [-0.1, -0.05) is 42.4 Å². The first kappa shape index (κ1) is 15.2. The van der Waals surface area contributed by atoms with Gasteiger partial charge in [0.1, 0.15) is 5.75 Å². The summed E-state index contributed by atoms with van der Waals surface area (Å²) < 4.78 is 6.74. The molecule has 116 valence electrons. The van der Waals surface area contributed by atoms with Crippen LogP contribution in [0, 0.1) is 0 Å². The quantitative estimate of drug-likeness (QED) is 0.801. The minimum absolute atomic E-state index is 0.192. The number of para-hydroxylation sites is 1. The maximum absolute atomic E-state index is 12.7. The van der Waals surface area contributed by atoms with Crippen LogP contribution < -0.4 is 20.9 Å². The van der Waals surface area contributed by atoms with Gasteiger partial charge in [0.2, 0.25) is 0 Å². The normalized spacial score (nSPS) is 11.7. The molecule has 0 aliphatic rings. The second-order valence-electron chi connectivity index (χ2n) is 5.01. The molecule has 0 bridgehead atoms. The van der Waals surface area contributed by atoms with Crippen molar-refractivity contribution in [3.05, 3.63) is 80.0 Å². The van der Waals surface area contributed by atoms with Crippen LogP contribution in [0.5, 0.6) is 5.75 Å². The fourth-order valence-corrected chi connectivity index (χ4v) is 2.57. The lowest BCUT2D eigenvalue weighted by Gasteiger charge is -2.02. The van der Waals surface area contributed by atoms with E-state index in [1.807, 2.05) is 24.3 Å². The van der Waals surface area contributed by atoms with E-state index in [0.717, 1.165) is 5.56 Å². The summed E-state index contributed by atoms with van der Waals surface area (Å²) in [6.45, 7) is 3.92. The van der Waals surface area contributed by atoms with E-state index < -0.39 is 0 Å². The lowest BCUT2D eigenvalue weighted by Crippen LogP contribution is -2.34. The van der Waals surface area contributed by atoms with Gasteiger partial charge in [0.15, 0.2) is 0 Å². The first-order valence-corrected chi connectivity index (χ1v) is 7.38. The molecule has 3 aromatic rings. The molecule has 3 rings (SSSR count). The van der Waals surface area contributed by atoms with Crippen LogP contribution in [0.15, 0.2) is 53.3 Å². The van der Waals surface area contributed by atoms with Gasteiger partial charge < -0.3 is 4.74 Å². The Labute approximate surface area is 137 Å². The highest BCUT2D eigenvalue weighted by Gasteiger charge is 2.06. The summed E-state index contributed by atoms with van der Waals surface area (Å²) in [4.78, 5) is 12.7. The molecule has 0 spiro atoms. The largest absolute Gasteiger partial charge is 0.496 e. The number of aromatic nitrogens is 2. The molecule has 0 saturated carbocycles. The maximum Gasteiger partial charge on any atom is 0.279 e. The number of ether oxygens (including phenoxy) is 1. The van der Waals surface area contributed by atoms with E-state index in [1.54, 1.807) is 37.5 Å². The summed E-state index contributed by atoms with van der Waals surface area (Å²) in [5.41, 5.74) is 1.28. The van der Waals surface area contributed by atoms with Gasteiger partial charge in [-0.25, -0.2) is 4.68 Å². The third-order valence-corrected chi connectivity index (χ3v) is 3.75. The number of rotatable bonds is 3.